The number of benzene rings is 1. The van der Waals surface area contributed by atoms with Gasteiger partial charge in [-0.05, 0) is 12.1 Å². The molecule has 100 valence electrons. The number of ether oxygens (including phenoxy) is 2. The molecule has 0 saturated heterocycles. The van der Waals surface area contributed by atoms with Gasteiger partial charge in [0.05, 0.1) is 7.11 Å². The Morgan fingerprint density at radius 3 is 2.39 bits per heavy atom. The maximum Gasteiger partial charge on any atom is 0.573 e. The predicted molar refractivity (Wildman–Crippen MR) is 59.3 cm³/mol. The number of hydrogen-bond acceptors (Lipinski definition) is 3. The fraction of sp³-hybridized carbons (Fsp3) is 0.364. The summed E-state index contributed by atoms with van der Waals surface area (Å²) < 4.78 is 44.8. The van der Waals surface area contributed by atoms with E-state index in [1.807, 2.05) is 0 Å². The first kappa shape index (κ1) is 14.6. The van der Waals surface area contributed by atoms with Gasteiger partial charge in [-0.2, -0.15) is 0 Å². The van der Waals surface area contributed by atoms with Crippen LogP contribution in [0.3, 0.4) is 0 Å². The quantitative estimate of drug-likeness (QED) is 0.613. The van der Waals surface area contributed by atoms with E-state index in [-0.39, 0.29) is 29.4 Å². The van der Waals surface area contributed by atoms with Crippen molar-refractivity contribution in [3.05, 3.63) is 23.8 Å². The number of hydrogen-bond donors (Lipinski definition) is 0. The molecule has 0 saturated carbocycles. The van der Waals surface area contributed by atoms with Gasteiger partial charge in [-0.1, -0.05) is 0 Å². The molecule has 0 N–H and O–H groups in total. The fourth-order valence-electron chi connectivity index (χ4n) is 1.27. The van der Waals surface area contributed by atoms with E-state index < -0.39 is 12.1 Å². The van der Waals surface area contributed by atoms with Gasteiger partial charge < -0.3 is 9.47 Å². The van der Waals surface area contributed by atoms with Crippen LogP contribution in [-0.4, -0.2) is 25.1 Å². The highest BCUT2D eigenvalue weighted by Gasteiger charge is 2.31. The van der Waals surface area contributed by atoms with Gasteiger partial charge in [-0.15, -0.1) is 24.8 Å². The van der Waals surface area contributed by atoms with Crippen LogP contribution in [0, 0.1) is 0 Å². The summed E-state index contributed by atoms with van der Waals surface area (Å²) in [6.45, 7) is 0. The van der Waals surface area contributed by atoms with Gasteiger partial charge in [-0.25, -0.2) is 0 Å². The Labute approximate surface area is 106 Å². The van der Waals surface area contributed by atoms with Gasteiger partial charge in [0, 0.05) is 23.9 Å². The summed E-state index contributed by atoms with van der Waals surface area (Å²) in [5, 5.41) is 0. The van der Waals surface area contributed by atoms with Gasteiger partial charge in [0.15, 0.2) is 5.78 Å². The summed E-state index contributed by atoms with van der Waals surface area (Å²) in [4.78, 5) is 11.6. The van der Waals surface area contributed by atoms with E-state index in [0.717, 1.165) is 12.1 Å². The molecule has 0 bridgehead atoms. The Morgan fingerprint density at radius 1 is 1.28 bits per heavy atom. The van der Waals surface area contributed by atoms with Gasteiger partial charge >= 0.3 is 6.36 Å². The Kier molecular flexibility index (Phi) is 4.84. The molecule has 3 nitrogen and oxygen atoms in total. The Hall–Kier alpha value is -1.43. The minimum atomic E-state index is -4.82. The molecule has 0 unspecified atom stereocenters. The molecule has 1 aromatic carbocycles. The molecule has 0 heterocycles. The van der Waals surface area contributed by atoms with E-state index in [9.17, 15) is 18.0 Å². The number of Topliss-reactive ketones (excluding diaryl/α,β-unsaturated/α-hetero) is 1. The van der Waals surface area contributed by atoms with Gasteiger partial charge in [0.1, 0.15) is 11.5 Å². The van der Waals surface area contributed by atoms with E-state index >= 15 is 0 Å². The van der Waals surface area contributed by atoms with Crippen LogP contribution in [0.25, 0.3) is 0 Å². The monoisotopic (exact) mass is 282 g/mol. The second-order valence-corrected chi connectivity index (χ2v) is 3.69. The van der Waals surface area contributed by atoms with Crippen molar-refractivity contribution in [1.29, 1.82) is 0 Å². The third-order valence-electron chi connectivity index (χ3n) is 1.99. The smallest absolute Gasteiger partial charge is 0.497 e. The van der Waals surface area contributed by atoms with Crippen molar-refractivity contribution in [2.45, 2.75) is 12.8 Å². The topological polar surface area (TPSA) is 35.5 Å². The molecular weight excluding hydrogens is 273 g/mol. The van der Waals surface area contributed by atoms with Crippen LogP contribution in [0.5, 0.6) is 11.5 Å². The zero-order valence-corrected chi connectivity index (χ0v) is 10.1. The molecule has 0 amide bonds. The van der Waals surface area contributed by atoms with Crippen molar-refractivity contribution < 1.29 is 27.4 Å². The van der Waals surface area contributed by atoms with Crippen LogP contribution in [0.2, 0.25) is 0 Å². The minimum absolute atomic E-state index is 0.0280. The first-order valence-electron chi connectivity index (χ1n) is 4.89. The molecule has 1 rings (SSSR count). The standard InChI is InChI=1S/C11H10ClF3O3/c1-17-8-4-7(10(16)2-3-12)5-9(6-8)18-11(13,14)15/h4-6H,2-3H2,1H3. The van der Waals surface area contributed by atoms with Crippen LogP contribution in [-0.2, 0) is 0 Å². The number of ketones is 1. The molecule has 1 aromatic rings. The van der Waals surface area contributed by atoms with E-state index in [1.165, 1.54) is 13.2 Å². The molecule has 18 heavy (non-hydrogen) atoms. The second-order valence-electron chi connectivity index (χ2n) is 3.31. The lowest BCUT2D eigenvalue weighted by molar-refractivity contribution is -0.274. The summed E-state index contributed by atoms with van der Waals surface area (Å²) in [6, 6.07) is 3.38. The highest BCUT2D eigenvalue weighted by atomic mass is 35.5. The van der Waals surface area contributed by atoms with E-state index in [4.69, 9.17) is 16.3 Å². The molecule has 0 aliphatic rings. The minimum Gasteiger partial charge on any atom is -0.497 e. The number of rotatable bonds is 5. The number of methoxy groups -OCH3 is 1. The molecule has 7 heteroatoms. The maximum atomic E-state index is 12.1. The molecule has 0 aliphatic carbocycles. The van der Waals surface area contributed by atoms with Crippen molar-refractivity contribution in [3.63, 3.8) is 0 Å². The van der Waals surface area contributed by atoms with Crippen LogP contribution < -0.4 is 9.47 Å². The van der Waals surface area contributed by atoms with Crippen LogP contribution in [0.15, 0.2) is 18.2 Å². The van der Waals surface area contributed by atoms with Crippen molar-refractivity contribution in [3.8, 4) is 11.5 Å². The second kappa shape index (κ2) is 5.95. The summed E-state index contributed by atoms with van der Waals surface area (Å²) in [5.74, 6) is -0.684. The Morgan fingerprint density at radius 2 is 1.89 bits per heavy atom. The first-order chi connectivity index (χ1) is 8.35. The summed E-state index contributed by atoms with van der Waals surface area (Å²) in [5.41, 5.74) is 0.0641. The van der Waals surface area contributed by atoms with Crippen molar-refractivity contribution >= 4 is 17.4 Å². The normalized spacial score (nSPS) is 11.2. The lowest BCUT2D eigenvalue weighted by Gasteiger charge is -2.11. The lowest BCUT2D eigenvalue weighted by atomic mass is 10.1. The molecule has 0 spiro atoms. The van der Waals surface area contributed by atoms with Crippen molar-refractivity contribution in [2.24, 2.45) is 0 Å². The van der Waals surface area contributed by atoms with Gasteiger partial charge in [0.2, 0.25) is 0 Å². The summed E-state index contributed by atoms with van der Waals surface area (Å²) in [6.07, 6.45) is -4.79. The van der Waals surface area contributed by atoms with E-state index in [0.29, 0.717) is 0 Å². The van der Waals surface area contributed by atoms with Crippen LogP contribution in [0.4, 0.5) is 13.2 Å². The van der Waals surface area contributed by atoms with E-state index in [2.05, 4.69) is 4.74 Å². The van der Waals surface area contributed by atoms with Gasteiger partial charge in [0.25, 0.3) is 0 Å². The summed E-state index contributed by atoms with van der Waals surface area (Å²) in [7, 11) is 1.28. The van der Waals surface area contributed by atoms with E-state index in [1.54, 1.807) is 0 Å². The SMILES string of the molecule is COc1cc(OC(F)(F)F)cc(C(=O)CCCl)c1. The molecule has 0 aromatic heterocycles. The average molecular weight is 283 g/mol. The molecule has 0 radical (unpaired) electrons. The highest BCUT2D eigenvalue weighted by molar-refractivity contribution is 6.19. The highest BCUT2D eigenvalue weighted by Crippen LogP contribution is 2.28. The lowest BCUT2D eigenvalue weighted by Crippen LogP contribution is -2.17. The maximum absolute atomic E-state index is 12.1. The number of carbonyl (C=O) groups is 1. The van der Waals surface area contributed by atoms with Crippen molar-refractivity contribution in [2.75, 3.05) is 13.0 Å². The molecule has 0 aliphatic heterocycles. The Bertz CT molecular complexity index is 432. The van der Waals surface area contributed by atoms with Crippen LogP contribution >= 0.6 is 11.6 Å². The average Bonchev–Trinajstić information content (AvgIpc) is 2.26. The first-order valence-corrected chi connectivity index (χ1v) is 5.43. The molecule has 0 atom stereocenters. The molecule has 0 fully saturated rings. The fourth-order valence-corrected chi connectivity index (χ4v) is 1.44. The summed E-state index contributed by atoms with van der Waals surface area (Å²) >= 11 is 5.40. The Balaban J connectivity index is 3.05. The van der Waals surface area contributed by atoms with Crippen molar-refractivity contribution in [1.82, 2.24) is 0 Å². The molecular formula is C11H10ClF3O3. The number of alkyl halides is 4. The predicted octanol–water partition coefficient (Wildman–Crippen LogP) is 3.41. The van der Waals surface area contributed by atoms with Gasteiger partial charge in [-0.3, -0.25) is 4.79 Å². The third-order valence-corrected chi connectivity index (χ3v) is 2.18. The number of carbonyl (C=O) groups excluding carboxylic acids is 1. The number of halogens is 4. The zero-order valence-electron chi connectivity index (χ0n) is 9.38. The largest absolute Gasteiger partial charge is 0.573 e. The third kappa shape index (κ3) is 4.44. The zero-order chi connectivity index (χ0) is 13.8. The van der Waals surface area contributed by atoms with Crippen LogP contribution in [0.1, 0.15) is 16.8 Å².